The van der Waals surface area contributed by atoms with Crippen molar-refractivity contribution < 1.29 is 28.5 Å². The summed E-state index contributed by atoms with van der Waals surface area (Å²) in [4.78, 5) is 8.36. The quantitative estimate of drug-likeness (QED) is 0.459. The molecule has 5 heavy (non-hydrogen) atoms. The molecule has 1 radical (unpaired) electrons. The van der Waals surface area contributed by atoms with E-state index in [4.69, 9.17) is 9.90 Å². The van der Waals surface area contributed by atoms with Crippen molar-refractivity contribution in [3.05, 3.63) is 0 Å². The first-order chi connectivity index (χ1) is 1.41. The second-order valence-corrected chi connectivity index (χ2v) is 0.105. The molecular weight excluding hydrogens is 107 g/mol. The molecular formula is C2H6O2V. The van der Waals surface area contributed by atoms with Crippen LogP contribution in [0, 0.1) is 0 Å². The summed E-state index contributed by atoms with van der Waals surface area (Å²) >= 11 is 0. The molecule has 0 amide bonds. The van der Waals surface area contributed by atoms with E-state index in [1.165, 1.54) is 0 Å². The minimum atomic E-state index is -0.250. The van der Waals surface area contributed by atoms with Crippen molar-refractivity contribution in [2.45, 2.75) is 7.43 Å². The second kappa shape index (κ2) is 34.0. The Morgan fingerprint density at radius 1 is 1.60 bits per heavy atom. The fraction of sp³-hybridized carbons (Fsp3) is 0.500. The molecule has 0 saturated heterocycles. The predicted molar refractivity (Wildman–Crippen MR) is 15.4 cm³/mol. The van der Waals surface area contributed by atoms with Gasteiger partial charge in [0.2, 0.25) is 0 Å². The number of carboxylic acid groups (broad SMARTS) is 1. The van der Waals surface area contributed by atoms with E-state index in [2.05, 4.69) is 0 Å². The van der Waals surface area contributed by atoms with Gasteiger partial charge in [0, 0.05) is 18.6 Å². The molecule has 0 spiro atoms. The SMILES string of the molecule is C.O=CO.[V]. The van der Waals surface area contributed by atoms with Crippen LogP contribution in [0.3, 0.4) is 0 Å². The Kier molecular flexibility index (Phi) is 134. The van der Waals surface area contributed by atoms with Crippen LogP contribution in [0.4, 0.5) is 0 Å². The summed E-state index contributed by atoms with van der Waals surface area (Å²) in [5, 5.41) is 6.89. The molecule has 0 saturated carbocycles. The van der Waals surface area contributed by atoms with E-state index in [0.29, 0.717) is 0 Å². The van der Waals surface area contributed by atoms with Crippen LogP contribution in [0.5, 0.6) is 0 Å². The van der Waals surface area contributed by atoms with Gasteiger partial charge in [-0.15, -0.1) is 0 Å². The van der Waals surface area contributed by atoms with Crippen molar-refractivity contribution in [2.24, 2.45) is 0 Å². The maximum Gasteiger partial charge on any atom is 0.290 e. The molecule has 0 aliphatic rings. The van der Waals surface area contributed by atoms with Gasteiger partial charge < -0.3 is 5.11 Å². The Hall–Kier alpha value is 0.0544. The summed E-state index contributed by atoms with van der Waals surface area (Å²) in [5.41, 5.74) is 0. The van der Waals surface area contributed by atoms with Gasteiger partial charge in [0.05, 0.1) is 0 Å². The Morgan fingerprint density at radius 2 is 1.60 bits per heavy atom. The van der Waals surface area contributed by atoms with Crippen molar-refractivity contribution in [1.29, 1.82) is 0 Å². The predicted octanol–water partition coefficient (Wildman–Crippen LogP) is 0.334. The zero-order valence-electron chi connectivity index (χ0n) is 1.88. The van der Waals surface area contributed by atoms with Gasteiger partial charge in [-0.05, 0) is 0 Å². The van der Waals surface area contributed by atoms with Gasteiger partial charge in [0.1, 0.15) is 0 Å². The topological polar surface area (TPSA) is 37.3 Å². The van der Waals surface area contributed by atoms with Gasteiger partial charge in [-0.1, -0.05) is 7.43 Å². The molecule has 1 N–H and O–H groups in total. The van der Waals surface area contributed by atoms with Crippen LogP contribution in [-0.2, 0) is 23.4 Å². The number of rotatable bonds is 0. The molecule has 0 rings (SSSR count). The molecule has 0 unspecified atom stereocenters. The zero-order chi connectivity index (χ0) is 2.71. The van der Waals surface area contributed by atoms with E-state index in [0.717, 1.165) is 0 Å². The van der Waals surface area contributed by atoms with Crippen LogP contribution in [0.2, 0.25) is 0 Å². The second-order valence-electron chi connectivity index (χ2n) is 0.105. The summed E-state index contributed by atoms with van der Waals surface area (Å²) in [6.45, 7) is -0.250. The molecule has 31 valence electrons. The molecule has 0 aromatic heterocycles. The van der Waals surface area contributed by atoms with Crippen molar-refractivity contribution in [3.63, 3.8) is 0 Å². The van der Waals surface area contributed by atoms with Gasteiger partial charge in [-0.3, -0.25) is 4.79 Å². The minimum absolute atomic E-state index is 0. The minimum Gasteiger partial charge on any atom is -0.483 e. The van der Waals surface area contributed by atoms with E-state index in [1.807, 2.05) is 0 Å². The third kappa shape index (κ3) is 5780. The molecule has 0 aromatic carbocycles. The normalized spacial score (nSPS) is 2.40. The van der Waals surface area contributed by atoms with Crippen LogP contribution < -0.4 is 0 Å². The first kappa shape index (κ1) is 19.7. The van der Waals surface area contributed by atoms with E-state index >= 15 is 0 Å². The van der Waals surface area contributed by atoms with Crippen LogP contribution >= 0.6 is 0 Å². The molecule has 0 aliphatic carbocycles. The number of hydrogen-bond donors (Lipinski definition) is 1. The standard InChI is InChI=1S/CH2O2.CH4.V/c2-1-3;;/h1H,(H,2,3);1H4;. The van der Waals surface area contributed by atoms with E-state index in [-0.39, 0.29) is 32.5 Å². The van der Waals surface area contributed by atoms with E-state index < -0.39 is 0 Å². The fourth-order valence-electron chi connectivity index (χ4n) is 0. The van der Waals surface area contributed by atoms with Crippen molar-refractivity contribution >= 4 is 6.47 Å². The molecule has 0 heterocycles. The summed E-state index contributed by atoms with van der Waals surface area (Å²) in [7, 11) is 0. The van der Waals surface area contributed by atoms with Gasteiger partial charge >= 0.3 is 0 Å². The van der Waals surface area contributed by atoms with Crippen LogP contribution in [0.1, 0.15) is 7.43 Å². The Balaban J connectivity index is -0.0000000200. The fourth-order valence-corrected chi connectivity index (χ4v) is 0. The molecule has 0 atom stereocenters. The maximum absolute atomic E-state index is 8.36. The van der Waals surface area contributed by atoms with Gasteiger partial charge in [-0.25, -0.2) is 0 Å². The Labute approximate surface area is 43.1 Å². The van der Waals surface area contributed by atoms with Crippen LogP contribution in [0.15, 0.2) is 0 Å². The third-order valence-electron chi connectivity index (χ3n) is 0. The monoisotopic (exact) mass is 113 g/mol. The first-order valence-electron chi connectivity index (χ1n) is 0.494. The molecule has 3 heteroatoms. The summed E-state index contributed by atoms with van der Waals surface area (Å²) in [5.74, 6) is 0. The van der Waals surface area contributed by atoms with Crippen molar-refractivity contribution in [2.75, 3.05) is 0 Å². The van der Waals surface area contributed by atoms with Crippen LogP contribution in [-0.4, -0.2) is 11.6 Å². The summed E-state index contributed by atoms with van der Waals surface area (Å²) < 4.78 is 0. The van der Waals surface area contributed by atoms with Gasteiger partial charge in [0.25, 0.3) is 6.47 Å². The van der Waals surface area contributed by atoms with E-state index in [9.17, 15) is 0 Å². The smallest absolute Gasteiger partial charge is 0.290 e. The Bertz CT molecular complexity index is 15.1. The summed E-state index contributed by atoms with van der Waals surface area (Å²) in [6, 6.07) is 0. The number of hydrogen-bond acceptors (Lipinski definition) is 1. The van der Waals surface area contributed by atoms with Gasteiger partial charge in [0.15, 0.2) is 0 Å². The molecule has 0 bridgehead atoms. The zero-order valence-corrected chi connectivity index (χ0v) is 3.28. The Morgan fingerprint density at radius 3 is 1.60 bits per heavy atom. The average Bonchev–Trinajstić information content (AvgIpc) is 0.918. The maximum atomic E-state index is 8.36. The van der Waals surface area contributed by atoms with E-state index in [1.54, 1.807) is 0 Å². The van der Waals surface area contributed by atoms with Crippen LogP contribution in [0.25, 0.3) is 0 Å². The summed E-state index contributed by atoms with van der Waals surface area (Å²) in [6.07, 6.45) is 0. The van der Waals surface area contributed by atoms with Gasteiger partial charge in [-0.2, -0.15) is 0 Å². The molecule has 0 aromatic rings. The molecule has 0 fully saturated rings. The third-order valence-corrected chi connectivity index (χ3v) is 0. The molecule has 0 aliphatic heterocycles. The van der Waals surface area contributed by atoms with Crippen molar-refractivity contribution in [1.82, 2.24) is 0 Å². The number of carbonyl (C=O) groups is 1. The molecule has 2 nitrogen and oxygen atoms in total. The first-order valence-corrected chi connectivity index (χ1v) is 0.494. The average molecular weight is 113 g/mol. The van der Waals surface area contributed by atoms with Crippen molar-refractivity contribution in [3.8, 4) is 0 Å². The largest absolute Gasteiger partial charge is 0.483 e.